The van der Waals surface area contributed by atoms with E-state index in [9.17, 15) is 9.18 Å². The van der Waals surface area contributed by atoms with Crippen LogP contribution < -0.4 is 5.73 Å². The van der Waals surface area contributed by atoms with E-state index in [2.05, 4.69) is 20.7 Å². The maximum absolute atomic E-state index is 13.3. The summed E-state index contributed by atoms with van der Waals surface area (Å²) < 4.78 is 20.3. The number of hydrogen-bond donors (Lipinski definition) is 1. The average Bonchev–Trinajstić information content (AvgIpc) is 2.68. The quantitative estimate of drug-likeness (QED) is 0.882. The molecule has 0 aliphatic rings. The van der Waals surface area contributed by atoms with Gasteiger partial charge in [-0.25, -0.2) is 9.18 Å². The van der Waals surface area contributed by atoms with Gasteiger partial charge in [0.1, 0.15) is 11.5 Å². The predicted octanol–water partition coefficient (Wildman–Crippen LogP) is 2.81. The van der Waals surface area contributed by atoms with E-state index in [0.717, 1.165) is 0 Å². The first-order valence-electron chi connectivity index (χ1n) is 5.48. The molecule has 0 saturated heterocycles. The molecular formula is C13H12BrFN2O2. The van der Waals surface area contributed by atoms with Crippen LogP contribution >= 0.6 is 15.9 Å². The lowest BCUT2D eigenvalue weighted by Crippen LogP contribution is -2.10. The highest BCUT2D eigenvalue weighted by Crippen LogP contribution is 2.18. The number of benzene rings is 1. The number of aromatic nitrogens is 1. The summed E-state index contributed by atoms with van der Waals surface area (Å²) in [6.07, 6.45) is 1.62. The number of nitrogens with zero attached hydrogens (tertiary/aromatic N) is 1. The lowest BCUT2D eigenvalue weighted by Gasteiger charge is -2.08. The lowest BCUT2D eigenvalue weighted by atomic mass is 10.2. The molecule has 100 valence electrons. The van der Waals surface area contributed by atoms with Gasteiger partial charge in [0.15, 0.2) is 0 Å². The van der Waals surface area contributed by atoms with Crippen LogP contribution in [0.5, 0.6) is 0 Å². The third-order valence-electron chi connectivity index (χ3n) is 2.59. The zero-order valence-electron chi connectivity index (χ0n) is 10.2. The van der Waals surface area contributed by atoms with Crippen LogP contribution in [0.1, 0.15) is 16.1 Å². The van der Waals surface area contributed by atoms with E-state index in [4.69, 9.17) is 5.73 Å². The number of carbonyl (C=O) groups is 1. The summed E-state index contributed by atoms with van der Waals surface area (Å²) in [5.74, 6) is -0.823. The van der Waals surface area contributed by atoms with Crippen molar-refractivity contribution in [3.8, 4) is 0 Å². The fraction of sp³-hybridized carbons (Fsp3) is 0.154. The van der Waals surface area contributed by atoms with Gasteiger partial charge in [0, 0.05) is 17.2 Å². The van der Waals surface area contributed by atoms with E-state index in [0.29, 0.717) is 28.0 Å². The highest BCUT2D eigenvalue weighted by atomic mass is 79.9. The van der Waals surface area contributed by atoms with Gasteiger partial charge < -0.3 is 15.0 Å². The van der Waals surface area contributed by atoms with Crippen molar-refractivity contribution in [3.63, 3.8) is 0 Å². The number of esters is 1. The zero-order valence-corrected chi connectivity index (χ0v) is 11.8. The predicted molar refractivity (Wildman–Crippen MR) is 73.4 cm³/mol. The second-order valence-electron chi connectivity index (χ2n) is 4.06. The highest BCUT2D eigenvalue weighted by Gasteiger charge is 2.13. The molecule has 0 aliphatic heterocycles. The molecular weight excluding hydrogens is 315 g/mol. The van der Waals surface area contributed by atoms with Gasteiger partial charge >= 0.3 is 5.97 Å². The van der Waals surface area contributed by atoms with Crippen LogP contribution in [-0.2, 0) is 11.3 Å². The van der Waals surface area contributed by atoms with Crippen LogP contribution in [0.4, 0.5) is 10.1 Å². The van der Waals surface area contributed by atoms with E-state index in [-0.39, 0.29) is 5.82 Å². The third-order valence-corrected chi connectivity index (χ3v) is 3.05. The standard InChI is InChI=1S/C13H12BrFN2O2/c1-19-13(18)12-5-11(16)7-17(12)6-8-2-9(14)4-10(15)3-8/h2-5,7H,6,16H2,1H3. The molecule has 0 saturated carbocycles. The number of hydrogen-bond acceptors (Lipinski definition) is 3. The molecule has 4 nitrogen and oxygen atoms in total. The maximum Gasteiger partial charge on any atom is 0.354 e. The molecule has 0 fully saturated rings. The summed E-state index contributed by atoms with van der Waals surface area (Å²) in [4.78, 5) is 11.6. The van der Waals surface area contributed by atoms with E-state index in [1.165, 1.54) is 25.3 Å². The zero-order chi connectivity index (χ0) is 14.0. The van der Waals surface area contributed by atoms with Crippen molar-refractivity contribution >= 4 is 27.6 Å². The Morgan fingerprint density at radius 2 is 2.16 bits per heavy atom. The number of nitrogen functional groups attached to an aromatic ring is 1. The van der Waals surface area contributed by atoms with Crippen molar-refractivity contribution < 1.29 is 13.9 Å². The second kappa shape index (κ2) is 5.44. The topological polar surface area (TPSA) is 57.2 Å². The van der Waals surface area contributed by atoms with Crippen LogP contribution in [0.15, 0.2) is 34.9 Å². The number of nitrogens with two attached hydrogens (primary N) is 1. The smallest absolute Gasteiger partial charge is 0.354 e. The molecule has 2 N–H and O–H groups in total. The van der Waals surface area contributed by atoms with Crippen molar-refractivity contribution in [1.82, 2.24) is 4.57 Å². The Bertz CT molecular complexity index is 605. The summed E-state index contributed by atoms with van der Waals surface area (Å²) in [6, 6.07) is 6.08. The van der Waals surface area contributed by atoms with Gasteiger partial charge in [-0.05, 0) is 29.8 Å². The van der Waals surface area contributed by atoms with Crippen LogP contribution in [0.25, 0.3) is 0 Å². The van der Waals surface area contributed by atoms with Gasteiger partial charge in [0.05, 0.1) is 12.8 Å². The molecule has 0 unspecified atom stereocenters. The fourth-order valence-electron chi connectivity index (χ4n) is 1.84. The third kappa shape index (κ3) is 3.14. The molecule has 6 heteroatoms. The molecule has 0 atom stereocenters. The van der Waals surface area contributed by atoms with Crippen LogP contribution in [-0.4, -0.2) is 17.6 Å². The van der Waals surface area contributed by atoms with Crippen molar-refractivity contribution in [3.05, 3.63) is 52.0 Å². The van der Waals surface area contributed by atoms with E-state index >= 15 is 0 Å². The second-order valence-corrected chi connectivity index (χ2v) is 4.97. The van der Waals surface area contributed by atoms with Gasteiger partial charge in [-0.15, -0.1) is 0 Å². The number of carbonyl (C=O) groups excluding carboxylic acids is 1. The molecule has 2 rings (SSSR count). The number of ether oxygens (including phenoxy) is 1. The highest BCUT2D eigenvalue weighted by molar-refractivity contribution is 9.10. The molecule has 0 aliphatic carbocycles. The molecule has 19 heavy (non-hydrogen) atoms. The van der Waals surface area contributed by atoms with E-state index in [1.807, 2.05) is 0 Å². The first-order chi connectivity index (χ1) is 8.99. The molecule has 1 heterocycles. The minimum absolute atomic E-state index is 0.331. The molecule has 2 aromatic rings. The number of rotatable bonds is 3. The Kier molecular flexibility index (Phi) is 3.90. The fourth-order valence-corrected chi connectivity index (χ4v) is 2.35. The Labute approximate surface area is 118 Å². The van der Waals surface area contributed by atoms with Crippen molar-refractivity contribution in [1.29, 1.82) is 0 Å². The van der Waals surface area contributed by atoms with Crippen molar-refractivity contribution in [2.45, 2.75) is 6.54 Å². The van der Waals surface area contributed by atoms with Crippen LogP contribution in [0.2, 0.25) is 0 Å². The van der Waals surface area contributed by atoms with Crippen molar-refractivity contribution in [2.24, 2.45) is 0 Å². The van der Waals surface area contributed by atoms with Gasteiger partial charge in [-0.3, -0.25) is 0 Å². The summed E-state index contributed by atoms with van der Waals surface area (Å²) in [5.41, 5.74) is 7.18. The molecule has 0 radical (unpaired) electrons. The summed E-state index contributed by atoms with van der Waals surface area (Å²) in [6.45, 7) is 0.331. The normalized spacial score (nSPS) is 10.5. The minimum Gasteiger partial charge on any atom is -0.464 e. The first kappa shape index (κ1) is 13.6. The Balaban J connectivity index is 2.35. The molecule has 0 spiro atoms. The SMILES string of the molecule is COC(=O)c1cc(N)cn1Cc1cc(F)cc(Br)c1. The van der Waals surface area contributed by atoms with Gasteiger partial charge in [-0.2, -0.15) is 0 Å². The minimum atomic E-state index is -0.479. The van der Waals surface area contributed by atoms with Crippen LogP contribution in [0, 0.1) is 5.82 Å². The summed E-state index contributed by atoms with van der Waals surface area (Å²) in [5, 5.41) is 0. The average molecular weight is 327 g/mol. The van der Waals surface area contributed by atoms with Gasteiger partial charge in [-0.1, -0.05) is 15.9 Å². The Morgan fingerprint density at radius 3 is 2.79 bits per heavy atom. The first-order valence-corrected chi connectivity index (χ1v) is 6.28. The molecule has 1 aromatic heterocycles. The van der Waals surface area contributed by atoms with E-state index < -0.39 is 5.97 Å². The Morgan fingerprint density at radius 1 is 1.42 bits per heavy atom. The Hall–Kier alpha value is -1.82. The maximum atomic E-state index is 13.3. The van der Waals surface area contributed by atoms with Gasteiger partial charge in [0.2, 0.25) is 0 Å². The summed E-state index contributed by atoms with van der Waals surface area (Å²) in [7, 11) is 1.30. The number of halogens is 2. The number of methoxy groups -OCH3 is 1. The van der Waals surface area contributed by atoms with Crippen LogP contribution in [0.3, 0.4) is 0 Å². The monoisotopic (exact) mass is 326 g/mol. The lowest BCUT2D eigenvalue weighted by molar-refractivity contribution is 0.0589. The van der Waals surface area contributed by atoms with E-state index in [1.54, 1.807) is 16.8 Å². The molecule has 1 aromatic carbocycles. The number of anilines is 1. The molecule has 0 bridgehead atoms. The van der Waals surface area contributed by atoms with Gasteiger partial charge in [0.25, 0.3) is 0 Å². The largest absolute Gasteiger partial charge is 0.464 e. The molecule has 0 amide bonds. The van der Waals surface area contributed by atoms with Crippen molar-refractivity contribution in [2.75, 3.05) is 12.8 Å². The summed E-state index contributed by atoms with van der Waals surface area (Å²) >= 11 is 3.23.